The SMILES string of the molecule is CC1=C(C#N)C(=O)N(C)C(=O)/C1=C/c1ccc(-c2ccc(C)c(Cl)c2)o1. The second kappa shape index (κ2) is 6.66. The highest BCUT2D eigenvalue weighted by atomic mass is 35.5. The third-order valence-electron chi connectivity index (χ3n) is 4.31. The van der Waals surface area contributed by atoms with Gasteiger partial charge in [-0.25, -0.2) is 0 Å². The molecule has 0 bridgehead atoms. The lowest BCUT2D eigenvalue weighted by Gasteiger charge is -2.23. The van der Waals surface area contributed by atoms with Gasteiger partial charge in [0.2, 0.25) is 0 Å². The molecule has 6 heteroatoms. The number of halogens is 1. The van der Waals surface area contributed by atoms with Crippen LogP contribution in [0.15, 0.2) is 51.5 Å². The van der Waals surface area contributed by atoms with Gasteiger partial charge in [0.1, 0.15) is 23.2 Å². The quantitative estimate of drug-likeness (QED) is 0.591. The Morgan fingerprint density at radius 2 is 1.88 bits per heavy atom. The van der Waals surface area contributed by atoms with Gasteiger partial charge < -0.3 is 4.42 Å². The van der Waals surface area contributed by atoms with Crippen molar-refractivity contribution < 1.29 is 14.0 Å². The molecule has 130 valence electrons. The summed E-state index contributed by atoms with van der Waals surface area (Å²) in [6.45, 7) is 3.50. The average molecular weight is 367 g/mol. The van der Waals surface area contributed by atoms with Crippen molar-refractivity contribution in [3.8, 4) is 17.4 Å². The maximum absolute atomic E-state index is 12.4. The van der Waals surface area contributed by atoms with Crippen LogP contribution in [0.3, 0.4) is 0 Å². The van der Waals surface area contributed by atoms with Crippen LogP contribution in [0.25, 0.3) is 17.4 Å². The Morgan fingerprint density at radius 3 is 2.54 bits per heavy atom. The highest BCUT2D eigenvalue weighted by molar-refractivity contribution is 6.31. The van der Waals surface area contributed by atoms with E-state index in [1.165, 1.54) is 13.1 Å². The number of nitrogens with zero attached hydrogens (tertiary/aromatic N) is 2. The van der Waals surface area contributed by atoms with Gasteiger partial charge in [-0.2, -0.15) is 5.26 Å². The van der Waals surface area contributed by atoms with E-state index < -0.39 is 11.8 Å². The minimum atomic E-state index is -0.596. The summed E-state index contributed by atoms with van der Waals surface area (Å²) in [7, 11) is 1.35. The van der Waals surface area contributed by atoms with E-state index in [1.807, 2.05) is 31.2 Å². The Bertz CT molecular complexity index is 1040. The van der Waals surface area contributed by atoms with Gasteiger partial charge >= 0.3 is 0 Å². The number of carbonyl (C=O) groups is 2. The van der Waals surface area contributed by atoms with Crippen LogP contribution in [0.2, 0.25) is 5.02 Å². The molecule has 1 aromatic heterocycles. The molecular formula is C20H15ClN2O3. The summed E-state index contributed by atoms with van der Waals surface area (Å²) < 4.78 is 5.80. The molecule has 0 aliphatic carbocycles. The average Bonchev–Trinajstić information content (AvgIpc) is 3.08. The molecule has 0 radical (unpaired) electrons. The van der Waals surface area contributed by atoms with Crippen LogP contribution in [0.4, 0.5) is 0 Å². The first-order valence-electron chi connectivity index (χ1n) is 7.85. The van der Waals surface area contributed by atoms with Gasteiger partial charge in [0, 0.05) is 23.2 Å². The zero-order valence-electron chi connectivity index (χ0n) is 14.5. The fourth-order valence-electron chi connectivity index (χ4n) is 2.67. The van der Waals surface area contributed by atoms with Crippen molar-refractivity contribution in [3.05, 3.63) is 63.4 Å². The number of hydrogen-bond acceptors (Lipinski definition) is 4. The molecule has 0 spiro atoms. The van der Waals surface area contributed by atoms with Gasteiger partial charge in [0.25, 0.3) is 11.8 Å². The topological polar surface area (TPSA) is 74.3 Å². The Morgan fingerprint density at radius 1 is 1.15 bits per heavy atom. The standard InChI is InChI=1S/C20H15ClN2O3/c1-11-4-5-13(8-17(11)21)18-7-6-14(26-18)9-15-12(2)16(10-22)20(25)23(3)19(15)24/h4-9H,1-3H3/b15-9+. The largest absolute Gasteiger partial charge is 0.457 e. The van der Waals surface area contributed by atoms with E-state index in [1.54, 1.807) is 19.1 Å². The molecule has 0 unspecified atom stereocenters. The molecule has 2 aromatic rings. The van der Waals surface area contributed by atoms with Gasteiger partial charge in [-0.1, -0.05) is 23.7 Å². The zero-order chi connectivity index (χ0) is 19.0. The number of carbonyl (C=O) groups excluding carboxylic acids is 2. The first-order valence-corrected chi connectivity index (χ1v) is 8.23. The molecular weight excluding hydrogens is 352 g/mol. The molecule has 26 heavy (non-hydrogen) atoms. The van der Waals surface area contributed by atoms with E-state index in [0.717, 1.165) is 16.0 Å². The number of nitriles is 1. The van der Waals surface area contributed by atoms with Crippen molar-refractivity contribution in [3.63, 3.8) is 0 Å². The second-order valence-corrected chi connectivity index (χ2v) is 6.41. The summed E-state index contributed by atoms with van der Waals surface area (Å²) in [6.07, 6.45) is 1.54. The minimum Gasteiger partial charge on any atom is -0.457 e. The lowest BCUT2D eigenvalue weighted by atomic mass is 9.95. The number of likely N-dealkylation sites (N-methyl/N-ethyl adjacent to an activating group) is 1. The third kappa shape index (κ3) is 2.96. The number of imide groups is 1. The van der Waals surface area contributed by atoms with Crippen LogP contribution in [0.1, 0.15) is 18.2 Å². The minimum absolute atomic E-state index is 0.0459. The lowest BCUT2D eigenvalue weighted by molar-refractivity contribution is -0.138. The van der Waals surface area contributed by atoms with Crippen molar-refractivity contribution in [2.75, 3.05) is 7.05 Å². The summed E-state index contributed by atoms with van der Waals surface area (Å²) in [5, 5.41) is 9.83. The molecule has 5 nitrogen and oxygen atoms in total. The molecule has 0 N–H and O–H groups in total. The van der Waals surface area contributed by atoms with Gasteiger partial charge in [0.05, 0.1) is 0 Å². The van der Waals surface area contributed by atoms with E-state index in [9.17, 15) is 14.9 Å². The van der Waals surface area contributed by atoms with Crippen LogP contribution in [0, 0.1) is 18.3 Å². The Hall–Kier alpha value is -3.10. The maximum Gasteiger partial charge on any atom is 0.271 e. The molecule has 1 aliphatic rings. The highest BCUT2D eigenvalue weighted by Gasteiger charge is 2.33. The van der Waals surface area contributed by atoms with Gasteiger partial charge in [0.15, 0.2) is 0 Å². The van der Waals surface area contributed by atoms with Crippen molar-refractivity contribution in [2.45, 2.75) is 13.8 Å². The molecule has 0 atom stereocenters. The van der Waals surface area contributed by atoms with Crippen LogP contribution < -0.4 is 0 Å². The van der Waals surface area contributed by atoms with E-state index in [2.05, 4.69) is 0 Å². The Kier molecular flexibility index (Phi) is 4.54. The Balaban J connectivity index is 2.03. The summed E-state index contributed by atoms with van der Waals surface area (Å²) >= 11 is 6.15. The molecule has 1 aromatic carbocycles. The number of aryl methyl sites for hydroxylation is 1. The summed E-state index contributed by atoms with van der Waals surface area (Å²) in [5.74, 6) is -0.0163. The van der Waals surface area contributed by atoms with E-state index in [0.29, 0.717) is 22.1 Å². The fraction of sp³-hybridized carbons (Fsp3) is 0.150. The second-order valence-electron chi connectivity index (χ2n) is 6.01. The summed E-state index contributed by atoms with van der Waals surface area (Å²) in [6, 6.07) is 11.0. The molecule has 1 aliphatic heterocycles. The first-order chi connectivity index (χ1) is 12.3. The molecule has 0 saturated heterocycles. The maximum atomic E-state index is 12.4. The fourth-order valence-corrected chi connectivity index (χ4v) is 2.85. The highest BCUT2D eigenvalue weighted by Crippen LogP contribution is 2.30. The van der Waals surface area contributed by atoms with Gasteiger partial charge in [-0.3, -0.25) is 14.5 Å². The smallest absolute Gasteiger partial charge is 0.271 e. The Labute approximate surface area is 155 Å². The van der Waals surface area contributed by atoms with Gasteiger partial charge in [-0.15, -0.1) is 0 Å². The predicted octanol–water partition coefficient (Wildman–Crippen LogP) is 4.13. The molecule has 2 heterocycles. The van der Waals surface area contributed by atoms with Crippen LogP contribution in [-0.2, 0) is 9.59 Å². The molecule has 0 saturated carbocycles. The molecule has 3 rings (SSSR count). The van der Waals surface area contributed by atoms with Gasteiger partial charge in [-0.05, 0) is 49.3 Å². The van der Waals surface area contributed by atoms with Crippen molar-refractivity contribution in [1.29, 1.82) is 5.26 Å². The summed E-state index contributed by atoms with van der Waals surface area (Å²) in [5.41, 5.74) is 2.34. The van der Waals surface area contributed by atoms with Crippen molar-refractivity contribution in [1.82, 2.24) is 4.90 Å². The summed E-state index contributed by atoms with van der Waals surface area (Å²) in [4.78, 5) is 25.3. The van der Waals surface area contributed by atoms with E-state index in [-0.39, 0.29) is 11.1 Å². The van der Waals surface area contributed by atoms with Crippen LogP contribution in [0.5, 0.6) is 0 Å². The predicted molar refractivity (Wildman–Crippen MR) is 98.0 cm³/mol. The van der Waals surface area contributed by atoms with Crippen molar-refractivity contribution >= 4 is 29.5 Å². The lowest BCUT2D eigenvalue weighted by Crippen LogP contribution is -2.39. The number of rotatable bonds is 2. The zero-order valence-corrected chi connectivity index (χ0v) is 15.2. The molecule has 0 fully saturated rings. The van der Waals surface area contributed by atoms with Crippen LogP contribution >= 0.6 is 11.6 Å². The van der Waals surface area contributed by atoms with Crippen LogP contribution in [-0.4, -0.2) is 23.8 Å². The monoisotopic (exact) mass is 366 g/mol. The van der Waals surface area contributed by atoms with E-state index >= 15 is 0 Å². The third-order valence-corrected chi connectivity index (χ3v) is 4.72. The first kappa shape index (κ1) is 17.7. The number of amides is 2. The van der Waals surface area contributed by atoms with Crippen molar-refractivity contribution in [2.24, 2.45) is 0 Å². The normalized spacial score (nSPS) is 16.4. The molecule has 2 amide bonds. The number of hydrogen-bond donors (Lipinski definition) is 0. The number of furan rings is 1. The number of benzene rings is 1. The van der Waals surface area contributed by atoms with E-state index in [4.69, 9.17) is 16.0 Å².